The van der Waals surface area contributed by atoms with Crippen molar-refractivity contribution >= 4 is 11.8 Å². The third-order valence-electron chi connectivity index (χ3n) is 4.23. The molecule has 0 fully saturated rings. The van der Waals surface area contributed by atoms with Crippen molar-refractivity contribution in [3.8, 4) is 0 Å². The van der Waals surface area contributed by atoms with Gasteiger partial charge in [0.15, 0.2) is 0 Å². The minimum atomic E-state index is -0.304. The van der Waals surface area contributed by atoms with Crippen LogP contribution in [0.15, 0.2) is 6.20 Å². The van der Waals surface area contributed by atoms with Gasteiger partial charge in [-0.1, -0.05) is 38.8 Å². The fourth-order valence-corrected chi connectivity index (χ4v) is 3.07. The van der Waals surface area contributed by atoms with Crippen molar-refractivity contribution in [1.82, 2.24) is 25.2 Å². The summed E-state index contributed by atoms with van der Waals surface area (Å²) >= 11 is 0. The van der Waals surface area contributed by atoms with Crippen LogP contribution in [0.1, 0.15) is 52.1 Å². The molecule has 24 heavy (non-hydrogen) atoms. The zero-order chi connectivity index (χ0) is 18.2. The lowest BCUT2D eigenvalue weighted by Crippen LogP contribution is -2.43. The molecule has 1 rings (SSSR count). The molecule has 7 nitrogen and oxygen atoms in total. The third-order valence-corrected chi connectivity index (χ3v) is 4.23. The highest BCUT2D eigenvalue weighted by Crippen LogP contribution is 2.31. The molecule has 7 heteroatoms. The Morgan fingerprint density at radius 2 is 1.92 bits per heavy atom. The van der Waals surface area contributed by atoms with Gasteiger partial charge in [-0.3, -0.25) is 14.3 Å². The fraction of sp³-hybridized carbons (Fsp3) is 0.765. The number of nitrogens with zero attached hydrogens (tertiary/aromatic N) is 4. The number of amides is 2. The first-order chi connectivity index (χ1) is 11.3. The summed E-state index contributed by atoms with van der Waals surface area (Å²) in [6.07, 6.45) is 5.69. The Morgan fingerprint density at radius 3 is 2.42 bits per heavy atom. The van der Waals surface area contributed by atoms with Crippen LogP contribution >= 0.6 is 0 Å². The van der Waals surface area contributed by atoms with Gasteiger partial charge in [-0.05, 0) is 12.8 Å². The van der Waals surface area contributed by atoms with Crippen LogP contribution in [0.4, 0.5) is 0 Å². The number of carbonyl (C=O) groups excluding carboxylic acids is 2. The van der Waals surface area contributed by atoms with E-state index in [1.165, 1.54) is 0 Å². The van der Waals surface area contributed by atoms with Crippen LogP contribution in [0.3, 0.4) is 0 Å². The summed E-state index contributed by atoms with van der Waals surface area (Å²) in [7, 11) is 3.57. The first kappa shape index (κ1) is 20.1. The van der Waals surface area contributed by atoms with E-state index in [1.54, 1.807) is 29.9 Å². The maximum Gasteiger partial charge on any atom is 0.228 e. The molecule has 0 aliphatic heterocycles. The van der Waals surface area contributed by atoms with Crippen LogP contribution < -0.4 is 5.32 Å². The Labute approximate surface area is 144 Å². The Kier molecular flexibility index (Phi) is 7.88. The van der Waals surface area contributed by atoms with Crippen LogP contribution in [0.5, 0.6) is 0 Å². The van der Waals surface area contributed by atoms with E-state index in [0.29, 0.717) is 18.8 Å². The predicted molar refractivity (Wildman–Crippen MR) is 93.3 cm³/mol. The minimum Gasteiger partial charge on any atom is -0.354 e. The van der Waals surface area contributed by atoms with Gasteiger partial charge in [-0.15, -0.1) is 5.10 Å². The lowest BCUT2D eigenvalue weighted by molar-refractivity contribution is -0.141. The zero-order valence-corrected chi connectivity index (χ0v) is 15.6. The number of aromatic nitrogens is 3. The van der Waals surface area contributed by atoms with Gasteiger partial charge in [0, 0.05) is 38.8 Å². The first-order valence-electron chi connectivity index (χ1n) is 8.69. The van der Waals surface area contributed by atoms with E-state index in [0.717, 1.165) is 25.7 Å². The second kappa shape index (κ2) is 9.39. The molecule has 0 aliphatic rings. The van der Waals surface area contributed by atoms with Crippen molar-refractivity contribution in [2.75, 3.05) is 20.1 Å². The topological polar surface area (TPSA) is 80.1 Å². The average molecular weight is 337 g/mol. The van der Waals surface area contributed by atoms with E-state index in [4.69, 9.17) is 0 Å². The minimum absolute atomic E-state index is 0.110. The number of hydrogen-bond donors (Lipinski definition) is 1. The molecule has 0 saturated carbocycles. The number of hydrogen-bond acceptors (Lipinski definition) is 4. The number of nitrogens with one attached hydrogen (secondary N) is 1. The predicted octanol–water partition coefficient (Wildman–Crippen LogP) is 1.54. The fourth-order valence-electron chi connectivity index (χ4n) is 3.07. The summed E-state index contributed by atoms with van der Waals surface area (Å²) in [6, 6.07) is 0. The summed E-state index contributed by atoms with van der Waals surface area (Å²) in [5.41, 5.74) is 0.333. The van der Waals surface area contributed by atoms with Gasteiger partial charge in [0.05, 0.1) is 12.1 Å². The van der Waals surface area contributed by atoms with Gasteiger partial charge in [0.1, 0.15) is 0 Å². The number of rotatable bonds is 10. The number of carbonyl (C=O) groups is 2. The molecule has 1 aromatic heterocycles. The molecule has 0 saturated heterocycles. The number of likely N-dealkylation sites (N-methyl/N-ethyl adjacent to an activating group) is 1. The van der Waals surface area contributed by atoms with Crippen molar-refractivity contribution in [2.24, 2.45) is 12.5 Å². The molecule has 0 atom stereocenters. The van der Waals surface area contributed by atoms with Crippen LogP contribution in [0.2, 0.25) is 0 Å². The van der Waals surface area contributed by atoms with Gasteiger partial charge >= 0.3 is 0 Å². The Morgan fingerprint density at radius 1 is 1.29 bits per heavy atom. The van der Waals surface area contributed by atoms with E-state index < -0.39 is 0 Å². The summed E-state index contributed by atoms with van der Waals surface area (Å²) in [6.45, 7) is 7.21. The summed E-state index contributed by atoms with van der Waals surface area (Å²) in [5, 5.41) is 10.5. The average Bonchev–Trinajstić information content (AvgIpc) is 2.91. The molecule has 136 valence electrons. The first-order valence-corrected chi connectivity index (χ1v) is 8.69. The maximum atomic E-state index is 12.7. The smallest absolute Gasteiger partial charge is 0.228 e. The van der Waals surface area contributed by atoms with Crippen molar-refractivity contribution in [3.05, 3.63) is 11.9 Å². The molecule has 0 bridgehead atoms. The third kappa shape index (κ3) is 5.94. The van der Waals surface area contributed by atoms with Gasteiger partial charge in [-0.2, -0.15) is 0 Å². The van der Waals surface area contributed by atoms with Crippen LogP contribution in [-0.4, -0.2) is 51.8 Å². The molecule has 0 unspecified atom stereocenters. The molecular weight excluding hydrogens is 306 g/mol. The van der Waals surface area contributed by atoms with Crippen LogP contribution in [-0.2, 0) is 23.1 Å². The Hall–Kier alpha value is -1.92. The summed E-state index contributed by atoms with van der Waals surface area (Å²) < 4.78 is 1.57. The molecule has 2 amide bonds. The van der Waals surface area contributed by atoms with E-state index >= 15 is 0 Å². The summed E-state index contributed by atoms with van der Waals surface area (Å²) in [5.74, 6) is 0.0515. The monoisotopic (exact) mass is 337 g/mol. The van der Waals surface area contributed by atoms with E-state index in [1.807, 2.05) is 6.92 Å². The molecule has 0 aliphatic carbocycles. The quantitative estimate of drug-likeness (QED) is 0.702. The zero-order valence-electron chi connectivity index (χ0n) is 15.6. The van der Waals surface area contributed by atoms with Crippen molar-refractivity contribution < 1.29 is 9.59 Å². The molecule has 1 aromatic rings. The molecule has 0 spiro atoms. The van der Waals surface area contributed by atoms with Crippen molar-refractivity contribution in [3.63, 3.8) is 0 Å². The Bertz CT molecular complexity index is 535. The maximum absolute atomic E-state index is 12.7. The van der Waals surface area contributed by atoms with Gasteiger partial charge in [0.25, 0.3) is 0 Å². The second-order valence-electron chi connectivity index (χ2n) is 6.70. The normalized spacial score (nSPS) is 11.4. The highest BCUT2D eigenvalue weighted by molar-refractivity contribution is 5.82. The van der Waals surface area contributed by atoms with E-state index in [2.05, 4.69) is 29.5 Å². The Balaban J connectivity index is 2.42. The van der Waals surface area contributed by atoms with Crippen LogP contribution in [0.25, 0.3) is 0 Å². The standard InChI is InChI=1S/C17H31N5O2/c1-6-8-17(3,9-7-2)16(24)21(4)11-10-18-15(23)12-14-13-22(5)20-19-14/h13H,6-12H2,1-5H3,(H,18,23). The second-order valence-corrected chi connectivity index (χ2v) is 6.70. The largest absolute Gasteiger partial charge is 0.354 e. The van der Waals surface area contributed by atoms with Crippen molar-refractivity contribution in [2.45, 2.75) is 52.9 Å². The van der Waals surface area contributed by atoms with E-state index in [9.17, 15) is 9.59 Å². The molecular formula is C17H31N5O2. The van der Waals surface area contributed by atoms with Crippen LogP contribution in [0, 0.1) is 5.41 Å². The highest BCUT2D eigenvalue weighted by Gasteiger charge is 2.33. The van der Waals surface area contributed by atoms with Gasteiger partial charge in [0.2, 0.25) is 11.8 Å². The van der Waals surface area contributed by atoms with Gasteiger partial charge in [-0.25, -0.2) is 0 Å². The molecule has 1 N–H and O–H groups in total. The van der Waals surface area contributed by atoms with E-state index in [-0.39, 0.29) is 23.7 Å². The SMILES string of the molecule is CCCC(C)(CCC)C(=O)N(C)CCNC(=O)Cc1cn(C)nn1. The van der Waals surface area contributed by atoms with Gasteiger partial charge < -0.3 is 10.2 Å². The van der Waals surface area contributed by atoms with Crippen molar-refractivity contribution in [1.29, 1.82) is 0 Å². The lowest BCUT2D eigenvalue weighted by atomic mass is 9.80. The highest BCUT2D eigenvalue weighted by atomic mass is 16.2. The molecule has 0 radical (unpaired) electrons. The number of aryl methyl sites for hydroxylation is 1. The summed E-state index contributed by atoms with van der Waals surface area (Å²) in [4.78, 5) is 26.3. The molecule has 1 heterocycles. The molecule has 0 aromatic carbocycles. The lowest BCUT2D eigenvalue weighted by Gasteiger charge is -2.32.